The summed E-state index contributed by atoms with van der Waals surface area (Å²) in [4.78, 5) is 4.60. The molecule has 3 fully saturated rings. The zero-order valence-electron chi connectivity index (χ0n) is 23.3. The van der Waals surface area contributed by atoms with Gasteiger partial charge in [-0.15, -0.1) is 0 Å². The van der Waals surface area contributed by atoms with Gasteiger partial charge in [0.1, 0.15) is 24.4 Å². The molecule has 206 valence electrons. The molecule has 0 radical (unpaired) electrons. The maximum absolute atomic E-state index is 12.3. The second-order valence-corrected chi connectivity index (χ2v) is 11.8. The number of aliphatic hydroxyl groups excluding tert-OH is 1. The van der Waals surface area contributed by atoms with Crippen molar-refractivity contribution in [2.75, 3.05) is 20.2 Å². The average Bonchev–Trinajstić information content (AvgIpc) is 3.00. The molecule has 5 heteroatoms. The zero-order valence-corrected chi connectivity index (χ0v) is 24.0. The van der Waals surface area contributed by atoms with Gasteiger partial charge in [0.2, 0.25) is 0 Å². The lowest BCUT2D eigenvalue weighted by Crippen LogP contribution is -3.00. The molecule has 8 rings (SSSR count). The van der Waals surface area contributed by atoms with E-state index in [0.717, 1.165) is 52.8 Å². The molecule has 5 atom stereocenters. The third-order valence-electron chi connectivity index (χ3n) is 10.0. The molecule has 0 aliphatic carbocycles. The summed E-state index contributed by atoms with van der Waals surface area (Å²) in [5.41, 5.74) is 3.31. The van der Waals surface area contributed by atoms with E-state index in [1.54, 1.807) is 7.11 Å². The van der Waals surface area contributed by atoms with E-state index >= 15 is 0 Å². The van der Waals surface area contributed by atoms with Crippen LogP contribution in [-0.4, -0.2) is 40.8 Å². The lowest BCUT2D eigenvalue weighted by Gasteiger charge is -2.58. The number of nitrogens with zero attached hydrogens (tertiary/aromatic N) is 2. The van der Waals surface area contributed by atoms with Crippen molar-refractivity contribution < 1.29 is 26.7 Å². The quantitative estimate of drug-likeness (QED) is 0.250. The Morgan fingerprint density at radius 1 is 0.950 bits per heavy atom. The lowest BCUT2D eigenvalue weighted by atomic mass is 9.70. The van der Waals surface area contributed by atoms with Gasteiger partial charge in [-0.25, -0.2) is 0 Å². The van der Waals surface area contributed by atoms with Crippen LogP contribution < -0.4 is 17.1 Å². The van der Waals surface area contributed by atoms with E-state index in [0.29, 0.717) is 11.8 Å². The number of aromatic nitrogens is 1. The van der Waals surface area contributed by atoms with Crippen LogP contribution in [0.4, 0.5) is 0 Å². The van der Waals surface area contributed by atoms with Crippen LogP contribution in [0.15, 0.2) is 85.1 Å². The summed E-state index contributed by atoms with van der Waals surface area (Å²) in [7, 11) is 1.69. The standard InChI is InChI=1S/C35H37N2O2.ClH/c1-3-23-21-37(22-32-28-10-6-4-8-25(28)18-26-9-5-7-11-29(26)32)17-15-24(23)19-34(37)35(38)30-14-16-36-33-13-12-27(39-2)20-31(30)33;/h4-14,16,18,20,23-24,34-35,38H,3,15,17,19,21-22H2,1-2H3;1H/q+1;/p-1/t23?,24?,34-,35+,37?;/m0./s1. The molecule has 3 aliphatic rings. The molecule has 3 unspecified atom stereocenters. The van der Waals surface area contributed by atoms with E-state index in [1.807, 2.05) is 30.5 Å². The highest BCUT2D eigenvalue weighted by atomic mass is 35.5. The monoisotopic (exact) mass is 552 g/mol. The molecular weight excluding hydrogens is 516 g/mol. The molecule has 3 aliphatic heterocycles. The smallest absolute Gasteiger partial charge is 0.131 e. The number of pyridine rings is 1. The van der Waals surface area contributed by atoms with Crippen molar-refractivity contribution in [2.24, 2.45) is 11.8 Å². The molecule has 2 bridgehead atoms. The molecule has 0 spiro atoms. The van der Waals surface area contributed by atoms with Crippen molar-refractivity contribution in [3.8, 4) is 5.75 Å². The van der Waals surface area contributed by atoms with Gasteiger partial charge < -0.3 is 26.7 Å². The van der Waals surface area contributed by atoms with Crippen molar-refractivity contribution in [2.45, 2.75) is 44.9 Å². The first kappa shape index (κ1) is 27.0. The van der Waals surface area contributed by atoms with E-state index < -0.39 is 6.10 Å². The van der Waals surface area contributed by atoms with E-state index in [4.69, 9.17) is 4.74 Å². The first-order valence-electron chi connectivity index (χ1n) is 14.5. The average molecular weight is 553 g/mol. The molecule has 4 aromatic carbocycles. The predicted octanol–water partition coefficient (Wildman–Crippen LogP) is 4.42. The SMILES string of the molecule is CCC1C[N+]2(Cc3c4ccccc4cc4ccccc34)CCC1C[C@H]2[C@H](O)c1ccnc2ccc(OC)cc12.[Cl-]. The van der Waals surface area contributed by atoms with Gasteiger partial charge in [0.25, 0.3) is 0 Å². The van der Waals surface area contributed by atoms with Gasteiger partial charge in [0.05, 0.1) is 25.7 Å². The molecule has 1 aromatic heterocycles. The number of fused-ring (bicyclic) bond motifs is 6. The van der Waals surface area contributed by atoms with Gasteiger partial charge in [-0.2, -0.15) is 0 Å². The number of benzene rings is 4. The van der Waals surface area contributed by atoms with Gasteiger partial charge >= 0.3 is 0 Å². The maximum atomic E-state index is 12.3. The second kappa shape index (κ2) is 10.7. The molecule has 5 aromatic rings. The lowest BCUT2D eigenvalue weighted by molar-refractivity contribution is -0.985. The first-order chi connectivity index (χ1) is 19.1. The summed E-state index contributed by atoms with van der Waals surface area (Å²) in [6, 6.07) is 28.2. The van der Waals surface area contributed by atoms with Gasteiger partial charge in [-0.05, 0) is 69.8 Å². The molecule has 3 saturated heterocycles. The Labute approximate surface area is 242 Å². The second-order valence-electron chi connectivity index (χ2n) is 11.8. The number of ether oxygens (including phenoxy) is 1. The molecule has 0 amide bonds. The van der Waals surface area contributed by atoms with Gasteiger partial charge in [-0.1, -0.05) is 55.5 Å². The van der Waals surface area contributed by atoms with Crippen LogP contribution in [0.2, 0.25) is 0 Å². The summed E-state index contributed by atoms with van der Waals surface area (Å²) in [6.07, 6.45) is 4.80. The van der Waals surface area contributed by atoms with Crippen LogP contribution in [-0.2, 0) is 6.54 Å². The Balaban J connectivity index is 0.00000289. The summed E-state index contributed by atoms with van der Waals surface area (Å²) in [5.74, 6) is 2.19. The van der Waals surface area contributed by atoms with Crippen LogP contribution in [0.5, 0.6) is 5.75 Å². The fourth-order valence-corrected chi connectivity index (χ4v) is 8.00. The van der Waals surface area contributed by atoms with Crippen molar-refractivity contribution in [1.82, 2.24) is 4.98 Å². The summed E-state index contributed by atoms with van der Waals surface area (Å²) in [5, 5.41) is 18.6. The first-order valence-corrected chi connectivity index (χ1v) is 14.5. The zero-order chi connectivity index (χ0) is 26.6. The van der Waals surface area contributed by atoms with Crippen molar-refractivity contribution in [3.05, 3.63) is 96.2 Å². The third kappa shape index (κ3) is 4.34. The molecule has 4 heterocycles. The van der Waals surface area contributed by atoms with Gasteiger partial charge in [0, 0.05) is 35.9 Å². The summed E-state index contributed by atoms with van der Waals surface area (Å²) < 4.78 is 6.49. The topological polar surface area (TPSA) is 42.4 Å². The Hall–Kier alpha value is -3.18. The fourth-order valence-electron chi connectivity index (χ4n) is 8.00. The Kier molecular flexibility index (Phi) is 7.20. The Bertz CT molecular complexity index is 1630. The largest absolute Gasteiger partial charge is 1.00 e. The highest BCUT2D eigenvalue weighted by Crippen LogP contribution is 2.49. The van der Waals surface area contributed by atoms with Gasteiger partial charge in [0.15, 0.2) is 0 Å². The number of piperidine rings is 3. The van der Waals surface area contributed by atoms with Gasteiger partial charge in [-0.3, -0.25) is 4.98 Å². The summed E-state index contributed by atoms with van der Waals surface area (Å²) >= 11 is 0. The van der Waals surface area contributed by atoms with Crippen LogP contribution in [0.3, 0.4) is 0 Å². The number of rotatable bonds is 6. The van der Waals surface area contributed by atoms with Crippen LogP contribution in [0, 0.1) is 11.8 Å². The number of aliphatic hydroxyl groups is 1. The minimum Gasteiger partial charge on any atom is -1.00 e. The Morgan fingerprint density at radius 2 is 1.68 bits per heavy atom. The van der Waals surface area contributed by atoms with E-state index in [1.165, 1.54) is 39.9 Å². The Morgan fingerprint density at radius 3 is 2.38 bits per heavy atom. The number of hydrogen-bond donors (Lipinski definition) is 1. The number of methoxy groups -OCH3 is 1. The molecule has 0 saturated carbocycles. The van der Waals surface area contributed by atoms with Crippen molar-refractivity contribution >= 4 is 32.4 Å². The highest BCUT2D eigenvalue weighted by molar-refractivity contribution is 6.02. The minimum atomic E-state index is -0.565. The van der Waals surface area contributed by atoms with Crippen LogP contribution >= 0.6 is 0 Å². The molecular formula is C35H37ClN2O2. The number of halogens is 1. The highest BCUT2D eigenvalue weighted by Gasteiger charge is 2.54. The van der Waals surface area contributed by atoms with E-state index in [-0.39, 0.29) is 18.4 Å². The number of hydrogen-bond acceptors (Lipinski definition) is 3. The molecule has 4 nitrogen and oxygen atoms in total. The van der Waals surface area contributed by atoms with Crippen molar-refractivity contribution in [1.29, 1.82) is 0 Å². The van der Waals surface area contributed by atoms with E-state index in [2.05, 4.69) is 66.5 Å². The van der Waals surface area contributed by atoms with E-state index in [9.17, 15) is 5.11 Å². The molecule has 40 heavy (non-hydrogen) atoms. The van der Waals surface area contributed by atoms with Crippen LogP contribution in [0.25, 0.3) is 32.4 Å². The normalized spacial score (nSPS) is 24.7. The fraction of sp³-hybridized carbons (Fsp3) is 0.343. The predicted molar refractivity (Wildman–Crippen MR) is 159 cm³/mol. The number of quaternary nitrogens is 1. The maximum Gasteiger partial charge on any atom is 0.131 e. The molecule has 1 N–H and O–H groups in total. The van der Waals surface area contributed by atoms with Crippen LogP contribution in [0.1, 0.15) is 43.4 Å². The van der Waals surface area contributed by atoms with Crippen molar-refractivity contribution in [3.63, 3.8) is 0 Å². The third-order valence-corrected chi connectivity index (χ3v) is 10.0. The minimum absolute atomic E-state index is 0. The summed E-state index contributed by atoms with van der Waals surface area (Å²) in [6.45, 7) is 5.54.